The van der Waals surface area contributed by atoms with Crippen LogP contribution in [0.3, 0.4) is 0 Å². The molecule has 0 atom stereocenters. The maximum atomic E-state index is 7.77. The van der Waals surface area contributed by atoms with Gasteiger partial charge in [0.25, 0.3) is 0 Å². The average molecular weight is 307 g/mol. The van der Waals surface area contributed by atoms with Gasteiger partial charge in [0, 0.05) is 37.9 Å². The molecule has 2 aliphatic rings. The number of nitrogens with two attached hydrogens (primary N) is 1. The number of rotatable bonds is 3. The van der Waals surface area contributed by atoms with Gasteiger partial charge in [0.2, 0.25) is 0 Å². The molecule has 1 aliphatic carbocycles. The number of benzene rings is 1. The van der Waals surface area contributed by atoms with E-state index in [1.54, 1.807) is 6.07 Å². The zero-order valence-electron chi connectivity index (χ0n) is 12.3. The Morgan fingerprint density at radius 3 is 2.43 bits per heavy atom. The maximum absolute atomic E-state index is 7.77. The molecule has 0 unspecified atom stereocenters. The molecule has 1 aromatic carbocycles. The normalized spacial score (nSPS) is 20.9. The van der Waals surface area contributed by atoms with Crippen molar-refractivity contribution in [2.45, 2.75) is 31.7 Å². The van der Waals surface area contributed by atoms with Crippen LogP contribution in [0, 0.1) is 5.41 Å². The summed E-state index contributed by atoms with van der Waals surface area (Å²) in [5.41, 5.74) is 7.39. The Morgan fingerprint density at radius 1 is 1.14 bits per heavy atom. The Balaban J connectivity index is 1.72. The van der Waals surface area contributed by atoms with Crippen molar-refractivity contribution < 1.29 is 0 Å². The first-order valence-corrected chi connectivity index (χ1v) is 8.16. The van der Waals surface area contributed by atoms with Crippen molar-refractivity contribution in [2.75, 3.05) is 31.1 Å². The molecule has 1 saturated heterocycles. The quantitative estimate of drug-likeness (QED) is 0.667. The minimum Gasteiger partial charge on any atom is -0.384 e. The zero-order valence-corrected chi connectivity index (χ0v) is 13.1. The summed E-state index contributed by atoms with van der Waals surface area (Å²) in [4.78, 5) is 4.94. The van der Waals surface area contributed by atoms with Gasteiger partial charge in [0.1, 0.15) is 5.84 Å². The molecule has 0 amide bonds. The van der Waals surface area contributed by atoms with Crippen molar-refractivity contribution in [3.63, 3.8) is 0 Å². The summed E-state index contributed by atoms with van der Waals surface area (Å²) in [5, 5.41) is 8.34. The van der Waals surface area contributed by atoms with Crippen molar-refractivity contribution in [1.82, 2.24) is 4.90 Å². The molecule has 2 fully saturated rings. The summed E-state index contributed by atoms with van der Waals surface area (Å²) >= 11 is 6.22. The lowest BCUT2D eigenvalue weighted by Gasteiger charge is -2.39. The second-order valence-corrected chi connectivity index (χ2v) is 6.42. The predicted molar refractivity (Wildman–Crippen MR) is 88.5 cm³/mol. The fourth-order valence-corrected chi connectivity index (χ4v) is 3.91. The van der Waals surface area contributed by atoms with Crippen LogP contribution in [0.15, 0.2) is 18.2 Å². The Hall–Kier alpha value is -1.26. The van der Waals surface area contributed by atoms with Gasteiger partial charge in [-0.3, -0.25) is 10.3 Å². The number of nitrogens with zero attached hydrogens (tertiary/aromatic N) is 2. The third kappa shape index (κ3) is 3.01. The van der Waals surface area contributed by atoms with Crippen LogP contribution >= 0.6 is 11.6 Å². The van der Waals surface area contributed by atoms with Gasteiger partial charge in [-0.25, -0.2) is 0 Å². The fourth-order valence-electron chi connectivity index (χ4n) is 3.64. The van der Waals surface area contributed by atoms with Crippen LogP contribution in [-0.4, -0.2) is 43.0 Å². The van der Waals surface area contributed by atoms with Gasteiger partial charge in [0.05, 0.1) is 10.6 Å². The van der Waals surface area contributed by atoms with E-state index in [0.717, 1.165) is 37.9 Å². The molecule has 1 aromatic rings. The van der Waals surface area contributed by atoms with Crippen molar-refractivity contribution >= 4 is 23.1 Å². The lowest BCUT2D eigenvalue weighted by molar-refractivity contribution is 0.187. The number of amidine groups is 1. The first-order chi connectivity index (χ1) is 10.2. The Labute approximate surface area is 131 Å². The molecule has 1 aliphatic heterocycles. The molecule has 0 aromatic heterocycles. The van der Waals surface area contributed by atoms with Gasteiger partial charge in [-0.2, -0.15) is 0 Å². The monoisotopic (exact) mass is 306 g/mol. The topological polar surface area (TPSA) is 56.4 Å². The minimum atomic E-state index is 0.0498. The summed E-state index contributed by atoms with van der Waals surface area (Å²) in [6.45, 7) is 4.15. The largest absolute Gasteiger partial charge is 0.384 e. The number of nitrogens with one attached hydrogen (secondary N) is 1. The van der Waals surface area contributed by atoms with Crippen molar-refractivity contribution in [3.05, 3.63) is 28.8 Å². The van der Waals surface area contributed by atoms with E-state index >= 15 is 0 Å². The third-order valence-electron chi connectivity index (χ3n) is 4.76. The van der Waals surface area contributed by atoms with E-state index in [4.69, 9.17) is 22.7 Å². The van der Waals surface area contributed by atoms with Crippen molar-refractivity contribution in [3.8, 4) is 0 Å². The maximum Gasteiger partial charge on any atom is 0.126 e. The first kappa shape index (κ1) is 14.7. The molecule has 114 valence electrons. The van der Waals surface area contributed by atoms with Gasteiger partial charge in [-0.1, -0.05) is 30.5 Å². The molecule has 3 N–H and O–H groups in total. The third-order valence-corrected chi connectivity index (χ3v) is 5.07. The van der Waals surface area contributed by atoms with E-state index in [2.05, 4.69) is 9.80 Å². The second kappa shape index (κ2) is 6.24. The van der Waals surface area contributed by atoms with Gasteiger partial charge in [-0.15, -0.1) is 0 Å². The van der Waals surface area contributed by atoms with E-state index in [9.17, 15) is 0 Å². The number of hydrogen-bond donors (Lipinski definition) is 2. The number of piperazine rings is 1. The fraction of sp³-hybridized carbons (Fsp3) is 0.562. The molecular weight excluding hydrogens is 284 g/mol. The van der Waals surface area contributed by atoms with Crippen LogP contribution in [0.5, 0.6) is 0 Å². The van der Waals surface area contributed by atoms with Gasteiger partial charge in [0.15, 0.2) is 0 Å². The Morgan fingerprint density at radius 2 is 1.81 bits per heavy atom. The molecule has 0 radical (unpaired) electrons. The molecule has 5 heteroatoms. The highest BCUT2D eigenvalue weighted by molar-refractivity contribution is 6.34. The van der Waals surface area contributed by atoms with Crippen LogP contribution in [0.4, 0.5) is 5.69 Å². The number of hydrogen-bond acceptors (Lipinski definition) is 3. The summed E-state index contributed by atoms with van der Waals surface area (Å²) in [5.74, 6) is 0.0498. The molecule has 21 heavy (non-hydrogen) atoms. The highest BCUT2D eigenvalue weighted by Crippen LogP contribution is 2.29. The highest BCUT2D eigenvalue weighted by atomic mass is 35.5. The SMILES string of the molecule is N=C(N)c1c(Cl)cccc1N1CCN(C2CCCC2)CC1. The molecular formula is C16H23ClN4. The molecule has 0 spiro atoms. The molecule has 4 nitrogen and oxygen atoms in total. The van der Waals surface area contributed by atoms with E-state index in [1.165, 1.54) is 25.7 Å². The minimum absolute atomic E-state index is 0.0498. The smallest absolute Gasteiger partial charge is 0.126 e. The molecule has 1 saturated carbocycles. The lowest BCUT2D eigenvalue weighted by Crippen LogP contribution is -2.50. The number of nitrogen functional groups attached to an aromatic ring is 1. The number of halogens is 1. The second-order valence-electron chi connectivity index (χ2n) is 6.01. The van der Waals surface area contributed by atoms with Crippen molar-refractivity contribution in [1.29, 1.82) is 5.41 Å². The van der Waals surface area contributed by atoms with Crippen LogP contribution in [0.25, 0.3) is 0 Å². The van der Waals surface area contributed by atoms with Crippen molar-refractivity contribution in [2.24, 2.45) is 5.73 Å². The standard InChI is InChI=1S/C16H23ClN4/c17-13-6-3-7-14(15(13)16(18)19)21-10-8-20(9-11-21)12-4-1-2-5-12/h3,6-7,12H,1-2,4-5,8-11H2,(H3,18,19). The van der Waals surface area contributed by atoms with Gasteiger partial charge in [-0.05, 0) is 25.0 Å². The van der Waals surface area contributed by atoms with Gasteiger partial charge < -0.3 is 10.6 Å². The Kier molecular flexibility index (Phi) is 4.36. The summed E-state index contributed by atoms with van der Waals surface area (Å²) in [6.07, 6.45) is 5.48. The molecule has 0 bridgehead atoms. The summed E-state index contributed by atoms with van der Waals surface area (Å²) in [7, 11) is 0. The van der Waals surface area contributed by atoms with Crippen LogP contribution in [-0.2, 0) is 0 Å². The number of anilines is 1. The predicted octanol–water partition coefficient (Wildman–Crippen LogP) is 2.69. The molecule has 3 rings (SSSR count). The highest BCUT2D eigenvalue weighted by Gasteiger charge is 2.27. The van der Waals surface area contributed by atoms with Crippen LogP contribution < -0.4 is 10.6 Å². The van der Waals surface area contributed by atoms with Crippen LogP contribution in [0.2, 0.25) is 5.02 Å². The summed E-state index contributed by atoms with van der Waals surface area (Å²) in [6, 6.07) is 6.55. The average Bonchev–Trinajstić information content (AvgIpc) is 3.01. The van der Waals surface area contributed by atoms with E-state index < -0.39 is 0 Å². The van der Waals surface area contributed by atoms with E-state index in [-0.39, 0.29) is 5.84 Å². The first-order valence-electron chi connectivity index (χ1n) is 7.78. The Bertz CT molecular complexity index is 517. The lowest BCUT2D eigenvalue weighted by atomic mass is 10.1. The molecule has 1 heterocycles. The van der Waals surface area contributed by atoms with E-state index in [0.29, 0.717) is 10.6 Å². The van der Waals surface area contributed by atoms with Gasteiger partial charge >= 0.3 is 0 Å². The zero-order chi connectivity index (χ0) is 14.8. The van der Waals surface area contributed by atoms with Crippen LogP contribution in [0.1, 0.15) is 31.2 Å². The van der Waals surface area contributed by atoms with E-state index in [1.807, 2.05) is 12.1 Å². The summed E-state index contributed by atoms with van der Waals surface area (Å²) < 4.78 is 0.